The molecule has 0 bridgehead atoms. The molecule has 2 fully saturated rings. The lowest BCUT2D eigenvalue weighted by Crippen LogP contribution is -2.38. The van der Waals surface area contributed by atoms with E-state index < -0.39 is 15.1 Å². The first-order chi connectivity index (χ1) is 12.3. The number of hydrogen-bond donors (Lipinski definition) is 0. The molecule has 4 heterocycles. The molecule has 2 aliphatic heterocycles. The van der Waals surface area contributed by atoms with Gasteiger partial charge in [0.25, 0.3) is 5.91 Å². The Morgan fingerprint density at radius 2 is 2.15 bits per heavy atom. The predicted octanol–water partition coefficient (Wildman–Crippen LogP) is 0.324. The van der Waals surface area contributed by atoms with Gasteiger partial charge in [0.2, 0.25) is 0 Å². The van der Waals surface area contributed by atoms with E-state index in [1.807, 2.05) is 31.3 Å². The van der Waals surface area contributed by atoms with Gasteiger partial charge in [-0.2, -0.15) is 5.10 Å². The van der Waals surface area contributed by atoms with Gasteiger partial charge >= 0.3 is 0 Å². The van der Waals surface area contributed by atoms with E-state index in [1.54, 1.807) is 27.9 Å². The molecule has 0 spiro atoms. The SMILES string of the molecule is CN(C)[C@@H]1CS(=O)(=O)[C@H]2CN(C(=O)c3ccc(Cn4cccn4)o3)C[C@@H]12. The van der Waals surface area contributed by atoms with Crippen molar-refractivity contribution >= 4 is 15.7 Å². The van der Waals surface area contributed by atoms with Crippen LogP contribution in [0.3, 0.4) is 0 Å². The van der Waals surface area contributed by atoms with Gasteiger partial charge in [-0.1, -0.05) is 0 Å². The number of likely N-dealkylation sites (tertiary alicyclic amines) is 1. The maximum Gasteiger partial charge on any atom is 0.289 e. The Morgan fingerprint density at radius 1 is 1.35 bits per heavy atom. The highest BCUT2D eigenvalue weighted by Gasteiger charge is 2.53. The van der Waals surface area contributed by atoms with Gasteiger partial charge in [-0.15, -0.1) is 0 Å². The molecule has 0 aromatic carbocycles. The molecule has 2 aromatic rings. The lowest BCUT2D eigenvalue weighted by atomic mass is 10.00. The molecule has 26 heavy (non-hydrogen) atoms. The summed E-state index contributed by atoms with van der Waals surface area (Å²) >= 11 is 0. The van der Waals surface area contributed by atoms with Crippen LogP contribution < -0.4 is 0 Å². The fourth-order valence-corrected chi connectivity index (χ4v) is 6.49. The smallest absolute Gasteiger partial charge is 0.289 e. The summed E-state index contributed by atoms with van der Waals surface area (Å²) < 4.78 is 32.3. The van der Waals surface area contributed by atoms with Crippen molar-refractivity contribution in [1.82, 2.24) is 19.6 Å². The number of rotatable bonds is 4. The van der Waals surface area contributed by atoms with Gasteiger partial charge in [-0.3, -0.25) is 9.48 Å². The van der Waals surface area contributed by atoms with E-state index in [-0.39, 0.29) is 35.9 Å². The van der Waals surface area contributed by atoms with Crippen molar-refractivity contribution in [2.24, 2.45) is 5.92 Å². The first-order valence-electron chi connectivity index (χ1n) is 8.58. The van der Waals surface area contributed by atoms with Gasteiger partial charge in [0.1, 0.15) is 5.76 Å². The second-order valence-electron chi connectivity index (χ2n) is 7.24. The number of fused-ring (bicyclic) bond motifs is 1. The van der Waals surface area contributed by atoms with Crippen LogP contribution in [0.1, 0.15) is 16.3 Å². The summed E-state index contributed by atoms with van der Waals surface area (Å²) in [5.41, 5.74) is 0. The van der Waals surface area contributed by atoms with Crippen LogP contribution in [0.15, 0.2) is 35.0 Å². The van der Waals surface area contributed by atoms with Gasteiger partial charge in [0.05, 0.1) is 17.5 Å². The van der Waals surface area contributed by atoms with E-state index in [4.69, 9.17) is 4.42 Å². The molecular formula is C17H22N4O4S. The average molecular weight is 378 g/mol. The summed E-state index contributed by atoms with van der Waals surface area (Å²) in [5, 5.41) is 3.64. The van der Waals surface area contributed by atoms with E-state index in [0.717, 1.165) is 0 Å². The molecule has 0 aliphatic carbocycles. The number of hydrogen-bond acceptors (Lipinski definition) is 6. The molecule has 4 rings (SSSR count). The summed E-state index contributed by atoms with van der Waals surface area (Å²) in [7, 11) is 0.607. The van der Waals surface area contributed by atoms with Crippen LogP contribution in [0.5, 0.6) is 0 Å². The third-order valence-corrected chi connectivity index (χ3v) is 7.59. The minimum Gasteiger partial charge on any atom is -0.454 e. The Kier molecular flexibility index (Phi) is 4.15. The largest absolute Gasteiger partial charge is 0.454 e. The standard InChI is InChI=1S/C17H22N4O4S/c1-19(2)14-11-26(23,24)16-10-20(9-13(14)16)17(22)15-5-4-12(25-15)8-21-7-3-6-18-21/h3-7,13-14,16H,8-11H2,1-2H3/t13-,14+,16-/m0/s1. The van der Waals surface area contributed by atoms with Crippen molar-refractivity contribution in [2.45, 2.75) is 17.8 Å². The zero-order valence-electron chi connectivity index (χ0n) is 14.8. The van der Waals surface area contributed by atoms with Crippen molar-refractivity contribution in [3.8, 4) is 0 Å². The van der Waals surface area contributed by atoms with Gasteiger partial charge < -0.3 is 14.2 Å². The topological polar surface area (TPSA) is 88.7 Å². The number of aromatic nitrogens is 2. The van der Waals surface area contributed by atoms with E-state index in [9.17, 15) is 13.2 Å². The van der Waals surface area contributed by atoms with Crippen LogP contribution in [0.25, 0.3) is 0 Å². The second-order valence-corrected chi connectivity index (χ2v) is 9.51. The summed E-state index contributed by atoms with van der Waals surface area (Å²) in [4.78, 5) is 16.3. The fraction of sp³-hybridized carbons (Fsp3) is 0.529. The normalized spacial score (nSPS) is 27.2. The molecular weight excluding hydrogens is 356 g/mol. The van der Waals surface area contributed by atoms with Gasteiger partial charge in [-0.25, -0.2) is 8.42 Å². The van der Waals surface area contributed by atoms with Crippen molar-refractivity contribution in [3.63, 3.8) is 0 Å². The van der Waals surface area contributed by atoms with Crippen LogP contribution in [-0.2, 0) is 16.4 Å². The number of furan rings is 1. The maximum atomic E-state index is 12.8. The van der Waals surface area contributed by atoms with E-state index in [2.05, 4.69) is 5.10 Å². The zero-order valence-corrected chi connectivity index (χ0v) is 15.6. The minimum atomic E-state index is -3.17. The molecule has 2 saturated heterocycles. The van der Waals surface area contributed by atoms with Crippen LogP contribution >= 0.6 is 0 Å². The van der Waals surface area contributed by atoms with Crippen molar-refractivity contribution in [2.75, 3.05) is 32.9 Å². The van der Waals surface area contributed by atoms with Crippen LogP contribution in [0.4, 0.5) is 0 Å². The third-order valence-electron chi connectivity index (χ3n) is 5.37. The molecule has 3 atom stereocenters. The average Bonchev–Trinajstić information content (AvgIpc) is 3.34. The van der Waals surface area contributed by atoms with Crippen LogP contribution in [0, 0.1) is 5.92 Å². The fourth-order valence-electron chi connectivity index (χ4n) is 4.02. The van der Waals surface area contributed by atoms with Crippen molar-refractivity contribution in [3.05, 3.63) is 42.1 Å². The molecule has 9 heteroatoms. The van der Waals surface area contributed by atoms with Gasteiger partial charge in [0.15, 0.2) is 15.6 Å². The molecule has 0 saturated carbocycles. The summed E-state index contributed by atoms with van der Waals surface area (Å²) in [6.07, 6.45) is 3.50. The Hall–Kier alpha value is -2.13. The number of amides is 1. The summed E-state index contributed by atoms with van der Waals surface area (Å²) in [5.74, 6) is 0.754. The van der Waals surface area contributed by atoms with Gasteiger partial charge in [-0.05, 0) is 32.3 Å². The third kappa shape index (κ3) is 2.95. The zero-order chi connectivity index (χ0) is 18.5. The first kappa shape index (κ1) is 17.3. The Morgan fingerprint density at radius 3 is 2.85 bits per heavy atom. The number of carbonyl (C=O) groups is 1. The Balaban J connectivity index is 1.49. The highest BCUT2D eigenvalue weighted by Crippen LogP contribution is 2.36. The predicted molar refractivity (Wildman–Crippen MR) is 94.5 cm³/mol. The van der Waals surface area contributed by atoms with E-state index in [0.29, 0.717) is 18.8 Å². The lowest BCUT2D eigenvalue weighted by molar-refractivity contribution is 0.0746. The molecule has 2 aromatic heterocycles. The van der Waals surface area contributed by atoms with Crippen LogP contribution in [-0.4, -0.2) is 78.1 Å². The molecule has 140 valence electrons. The number of carbonyl (C=O) groups excluding carboxylic acids is 1. The highest BCUT2D eigenvalue weighted by atomic mass is 32.2. The van der Waals surface area contributed by atoms with E-state index >= 15 is 0 Å². The Bertz CT molecular complexity index is 903. The van der Waals surface area contributed by atoms with Crippen LogP contribution in [0.2, 0.25) is 0 Å². The molecule has 1 amide bonds. The summed E-state index contributed by atoms with van der Waals surface area (Å²) in [6, 6.07) is 5.17. The molecule has 0 unspecified atom stereocenters. The quantitative estimate of drug-likeness (QED) is 0.762. The second kappa shape index (κ2) is 6.24. The highest BCUT2D eigenvalue weighted by molar-refractivity contribution is 7.92. The molecule has 2 aliphatic rings. The van der Waals surface area contributed by atoms with Crippen molar-refractivity contribution < 1.29 is 17.6 Å². The Labute approximate surface area is 152 Å². The van der Waals surface area contributed by atoms with Gasteiger partial charge in [0, 0.05) is 37.4 Å². The molecule has 0 N–H and O–H groups in total. The molecule has 0 radical (unpaired) electrons. The van der Waals surface area contributed by atoms with E-state index in [1.165, 1.54) is 0 Å². The maximum absolute atomic E-state index is 12.8. The number of sulfone groups is 1. The summed E-state index contributed by atoms with van der Waals surface area (Å²) in [6.45, 7) is 1.13. The first-order valence-corrected chi connectivity index (χ1v) is 10.3. The molecule has 8 nitrogen and oxygen atoms in total. The minimum absolute atomic E-state index is 0.0440. The number of nitrogens with zero attached hydrogens (tertiary/aromatic N) is 4. The monoisotopic (exact) mass is 378 g/mol. The lowest BCUT2D eigenvalue weighted by Gasteiger charge is -2.24. The van der Waals surface area contributed by atoms with Crippen molar-refractivity contribution in [1.29, 1.82) is 0 Å².